The standard InChI is InChI=1S/C10H18N2O/c1-3-6-12(9-4-5-9)10(13)8(2)7-11/h3,8-9H,1,4-7,11H2,2H3. The van der Waals surface area contributed by atoms with Crippen molar-refractivity contribution in [1.82, 2.24) is 4.90 Å². The minimum absolute atomic E-state index is 0.0550. The average Bonchev–Trinajstić information content (AvgIpc) is 2.95. The van der Waals surface area contributed by atoms with E-state index in [1.54, 1.807) is 6.08 Å². The van der Waals surface area contributed by atoms with E-state index in [1.165, 1.54) is 0 Å². The van der Waals surface area contributed by atoms with Crippen molar-refractivity contribution in [2.45, 2.75) is 25.8 Å². The third kappa shape index (κ3) is 2.56. The van der Waals surface area contributed by atoms with Crippen LogP contribution in [0.15, 0.2) is 12.7 Å². The second kappa shape index (κ2) is 4.42. The Morgan fingerprint density at radius 2 is 2.38 bits per heavy atom. The van der Waals surface area contributed by atoms with Gasteiger partial charge in [-0.3, -0.25) is 4.79 Å². The van der Waals surface area contributed by atoms with E-state index in [-0.39, 0.29) is 11.8 Å². The first kappa shape index (κ1) is 10.3. The molecule has 0 aromatic carbocycles. The average molecular weight is 182 g/mol. The van der Waals surface area contributed by atoms with Crippen molar-refractivity contribution in [3.63, 3.8) is 0 Å². The van der Waals surface area contributed by atoms with Crippen molar-refractivity contribution < 1.29 is 4.79 Å². The molecule has 13 heavy (non-hydrogen) atoms. The Kier molecular flexibility index (Phi) is 3.48. The molecule has 2 N–H and O–H groups in total. The minimum Gasteiger partial charge on any atom is -0.336 e. The number of hydrogen-bond acceptors (Lipinski definition) is 2. The Bertz CT molecular complexity index is 199. The van der Waals surface area contributed by atoms with Crippen LogP contribution >= 0.6 is 0 Å². The zero-order valence-corrected chi connectivity index (χ0v) is 8.20. The fourth-order valence-electron chi connectivity index (χ4n) is 1.33. The third-order valence-corrected chi connectivity index (χ3v) is 2.37. The van der Waals surface area contributed by atoms with Gasteiger partial charge in [0, 0.05) is 25.0 Å². The first-order valence-electron chi connectivity index (χ1n) is 4.82. The van der Waals surface area contributed by atoms with E-state index in [0.29, 0.717) is 19.1 Å². The molecule has 0 aliphatic heterocycles. The molecular weight excluding hydrogens is 164 g/mol. The van der Waals surface area contributed by atoms with Gasteiger partial charge in [0.2, 0.25) is 5.91 Å². The molecule has 0 spiro atoms. The Morgan fingerprint density at radius 1 is 1.77 bits per heavy atom. The van der Waals surface area contributed by atoms with Crippen LogP contribution in [0, 0.1) is 5.92 Å². The molecule has 0 bridgehead atoms. The number of carbonyl (C=O) groups is 1. The van der Waals surface area contributed by atoms with E-state index >= 15 is 0 Å². The van der Waals surface area contributed by atoms with Crippen LogP contribution in [0.25, 0.3) is 0 Å². The number of rotatable bonds is 5. The maximum absolute atomic E-state index is 11.7. The molecule has 0 saturated heterocycles. The van der Waals surface area contributed by atoms with Crippen molar-refractivity contribution in [2.75, 3.05) is 13.1 Å². The number of nitrogens with two attached hydrogens (primary N) is 1. The molecule has 1 unspecified atom stereocenters. The second-order valence-electron chi connectivity index (χ2n) is 3.65. The van der Waals surface area contributed by atoms with Gasteiger partial charge < -0.3 is 10.6 Å². The lowest BCUT2D eigenvalue weighted by molar-refractivity contribution is -0.134. The molecule has 1 amide bonds. The molecule has 74 valence electrons. The zero-order valence-electron chi connectivity index (χ0n) is 8.20. The SMILES string of the molecule is C=CCN(C(=O)C(C)CN)C1CC1. The summed E-state index contributed by atoms with van der Waals surface area (Å²) in [4.78, 5) is 13.6. The van der Waals surface area contributed by atoms with Gasteiger partial charge in [-0.2, -0.15) is 0 Å². The van der Waals surface area contributed by atoms with Crippen LogP contribution in [0.4, 0.5) is 0 Å². The van der Waals surface area contributed by atoms with E-state index in [1.807, 2.05) is 11.8 Å². The summed E-state index contributed by atoms with van der Waals surface area (Å²) in [5.41, 5.74) is 5.45. The number of nitrogens with zero attached hydrogens (tertiary/aromatic N) is 1. The van der Waals surface area contributed by atoms with E-state index in [9.17, 15) is 4.79 Å². The van der Waals surface area contributed by atoms with Crippen LogP contribution in [0.1, 0.15) is 19.8 Å². The summed E-state index contributed by atoms with van der Waals surface area (Å²) < 4.78 is 0. The molecule has 0 radical (unpaired) electrons. The van der Waals surface area contributed by atoms with Crippen LogP contribution < -0.4 is 5.73 Å². The molecule has 1 aliphatic rings. The summed E-state index contributed by atoms with van der Waals surface area (Å²) in [5, 5.41) is 0. The summed E-state index contributed by atoms with van der Waals surface area (Å²) in [5.74, 6) is 0.116. The van der Waals surface area contributed by atoms with Crippen LogP contribution in [-0.4, -0.2) is 29.9 Å². The van der Waals surface area contributed by atoms with Gasteiger partial charge in [0.05, 0.1) is 0 Å². The molecule has 1 atom stereocenters. The fourth-order valence-corrected chi connectivity index (χ4v) is 1.33. The quantitative estimate of drug-likeness (QED) is 0.638. The van der Waals surface area contributed by atoms with Crippen LogP contribution in [0.5, 0.6) is 0 Å². The highest BCUT2D eigenvalue weighted by molar-refractivity contribution is 5.79. The molecule has 0 aromatic rings. The highest BCUT2D eigenvalue weighted by Gasteiger charge is 2.33. The minimum atomic E-state index is -0.0550. The Hall–Kier alpha value is -0.830. The molecule has 1 fully saturated rings. The summed E-state index contributed by atoms with van der Waals surface area (Å²) in [6.07, 6.45) is 4.05. The fraction of sp³-hybridized carbons (Fsp3) is 0.700. The van der Waals surface area contributed by atoms with Crippen LogP contribution in [0.3, 0.4) is 0 Å². The molecule has 0 aromatic heterocycles. The molecule has 3 heteroatoms. The summed E-state index contributed by atoms with van der Waals surface area (Å²) in [7, 11) is 0. The highest BCUT2D eigenvalue weighted by atomic mass is 16.2. The predicted octanol–water partition coefficient (Wildman–Crippen LogP) is 0.758. The lowest BCUT2D eigenvalue weighted by atomic mass is 10.1. The molecule has 1 rings (SSSR count). The van der Waals surface area contributed by atoms with E-state index in [2.05, 4.69) is 6.58 Å². The van der Waals surface area contributed by atoms with Gasteiger partial charge in [0.15, 0.2) is 0 Å². The van der Waals surface area contributed by atoms with Crippen LogP contribution in [0.2, 0.25) is 0 Å². The van der Waals surface area contributed by atoms with Gasteiger partial charge in [-0.1, -0.05) is 13.0 Å². The highest BCUT2D eigenvalue weighted by Crippen LogP contribution is 2.27. The predicted molar refractivity (Wildman–Crippen MR) is 53.2 cm³/mol. The molecule has 1 saturated carbocycles. The Labute approximate surface area is 79.6 Å². The van der Waals surface area contributed by atoms with Crippen molar-refractivity contribution in [3.8, 4) is 0 Å². The third-order valence-electron chi connectivity index (χ3n) is 2.37. The van der Waals surface area contributed by atoms with Crippen molar-refractivity contribution in [1.29, 1.82) is 0 Å². The second-order valence-corrected chi connectivity index (χ2v) is 3.65. The number of hydrogen-bond donors (Lipinski definition) is 1. The first-order valence-corrected chi connectivity index (χ1v) is 4.82. The smallest absolute Gasteiger partial charge is 0.227 e. The maximum Gasteiger partial charge on any atom is 0.227 e. The Morgan fingerprint density at radius 3 is 2.77 bits per heavy atom. The summed E-state index contributed by atoms with van der Waals surface area (Å²) >= 11 is 0. The van der Waals surface area contributed by atoms with Gasteiger partial charge in [-0.25, -0.2) is 0 Å². The molecule has 3 nitrogen and oxygen atoms in total. The zero-order chi connectivity index (χ0) is 9.84. The van der Waals surface area contributed by atoms with Gasteiger partial charge in [0.1, 0.15) is 0 Å². The van der Waals surface area contributed by atoms with Crippen molar-refractivity contribution in [3.05, 3.63) is 12.7 Å². The lowest BCUT2D eigenvalue weighted by Crippen LogP contribution is -2.39. The van der Waals surface area contributed by atoms with Gasteiger partial charge in [-0.05, 0) is 12.8 Å². The number of amides is 1. The van der Waals surface area contributed by atoms with E-state index in [4.69, 9.17) is 5.73 Å². The van der Waals surface area contributed by atoms with E-state index in [0.717, 1.165) is 12.8 Å². The Balaban J connectivity index is 2.52. The van der Waals surface area contributed by atoms with Gasteiger partial charge in [0.25, 0.3) is 0 Å². The maximum atomic E-state index is 11.7. The van der Waals surface area contributed by atoms with Gasteiger partial charge >= 0.3 is 0 Å². The summed E-state index contributed by atoms with van der Waals surface area (Å²) in [6.45, 7) is 6.62. The largest absolute Gasteiger partial charge is 0.336 e. The van der Waals surface area contributed by atoms with E-state index < -0.39 is 0 Å². The normalized spacial score (nSPS) is 18.0. The summed E-state index contributed by atoms with van der Waals surface area (Å²) in [6, 6.07) is 0.458. The monoisotopic (exact) mass is 182 g/mol. The van der Waals surface area contributed by atoms with Gasteiger partial charge in [-0.15, -0.1) is 6.58 Å². The van der Waals surface area contributed by atoms with Crippen molar-refractivity contribution >= 4 is 5.91 Å². The molecule has 0 heterocycles. The first-order chi connectivity index (χ1) is 6.20. The van der Waals surface area contributed by atoms with Crippen LogP contribution in [-0.2, 0) is 4.79 Å². The number of carbonyl (C=O) groups excluding carboxylic acids is 1. The lowest BCUT2D eigenvalue weighted by Gasteiger charge is -2.23. The van der Waals surface area contributed by atoms with Crippen molar-refractivity contribution in [2.24, 2.45) is 11.7 Å². The topological polar surface area (TPSA) is 46.3 Å². The molecular formula is C10H18N2O. The molecule has 1 aliphatic carbocycles.